The molecule has 1 saturated heterocycles. The maximum atomic E-state index is 13.2. The van der Waals surface area contributed by atoms with E-state index in [0.29, 0.717) is 62.0 Å². The number of halogens is 2. The number of hydrogen-bond donors (Lipinski definition) is 1. The van der Waals surface area contributed by atoms with E-state index in [0.717, 1.165) is 11.3 Å². The lowest BCUT2D eigenvalue weighted by molar-refractivity contribution is -0.140. The molecule has 1 unspecified atom stereocenters. The van der Waals surface area contributed by atoms with Crippen LogP contribution in [0.3, 0.4) is 0 Å². The lowest BCUT2D eigenvalue weighted by Crippen LogP contribution is -2.51. The molecule has 0 spiro atoms. The number of fused-ring (bicyclic) bond motifs is 1. The van der Waals surface area contributed by atoms with Gasteiger partial charge in [0.05, 0.1) is 35.3 Å². The van der Waals surface area contributed by atoms with Crippen molar-refractivity contribution in [3.05, 3.63) is 52.8 Å². The number of nitrogens with zero attached hydrogens (tertiary/aromatic N) is 2. The Morgan fingerprint density at radius 2 is 2.06 bits per heavy atom. The fraction of sp³-hybridized carbons (Fsp3) is 0.417. The molecule has 4 rings (SSSR count). The van der Waals surface area contributed by atoms with Gasteiger partial charge in [-0.1, -0.05) is 23.7 Å². The van der Waals surface area contributed by atoms with E-state index >= 15 is 0 Å². The number of rotatable bonds is 5. The summed E-state index contributed by atoms with van der Waals surface area (Å²) in [4.78, 5) is 14.9. The van der Waals surface area contributed by atoms with Gasteiger partial charge in [0.2, 0.25) is 0 Å². The van der Waals surface area contributed by atoms with Crippen molar-refractivity contribution in [3.63, 3.8) is 0 Å². The van der Waals surface area contributed by atoms with E-state index in [1.807, 2.05) is 6.92 Å². The Morgan fingerprint density at radius 1 is 1.34 bits per heavy atom. The second-order valence-corrected chi connectivity index (χ2v) is 8.63. The topological polar surface area (TPSA) is 74.6 Å². The Morgan fingerprint density at radius 3 is 2.72 bits per heavy atom. The Balaban J connectivity index is 1.40. The van der Waals surface area contributed by atoms with Gasteiger partial charge in [0, 0.05) is 19.2 Å². The number of nitrogens with one attached hydrogen (secondary N) is 1. The number of piperidine rings is 1. The van der Waals surface area contributed by atoms with Gasteiger partial charge >= 0.3 is 0 Å². The van der Waals surface area contributed by atoms with Gasteiger partial charge in [-0.3, -0.25) is 4.79 Å². The lowest BCUT2D eigenvalue weighted by atomic mass is 9.75. The van der Waals surface area contributed by atoms with Gasteiger partial charge in [-0.2, -0.15) is 5.26 Å². The molecule has 6 nitrogen and oxygen atoms in total. The number of likely N-dealkylation sites (tertiary alicyclic amines) is 1. The zero-order valence-corrected chi connectivity index (χ0v) is 18.6. The molecule has 2 aliphatic heterocycles. The Hall–Kier alpha value is -2.98. The van der Waals surface area contributed by atoms with Gasteiger partial charge < -0.3 is 19.7 Å². The number of hydrogen-bond acceptors (Lipinski definition) is 5. The monoisotopic (exact) mass is 457 g/mol. The van der Waals surface area contributed by atoms with Crippen LogP contribution in [0, 0.1) is 22.6 Å². The predicted molar refractivity (Wildman–Crippen MR) is 119 cm³/mol. The number of benzene rings is 2. The highest BCUT2D eigenvalue weighted by Crippen LogP contribution is 2.39. The molecule has 8 heteroatoms. The number of amides is 1. The van der Waals surface area contributed by atoms with Crippen molar-refractivity contribution in [2.45, 2.75) is 32.3 Å². The van der Waals surface area contributed by atoms with Crippen molar-refractivity contribution in [2.24, 2.45) is 5.41 Å². The average Bonchev–Trinajstić information content (AvgIpc) is 2.81. The quantitative estimate of drug-likeness (QED) is 0.719. The van der Waals surface area contributed by atoms with E-state index in [1.54, 1.807) is 29.2 Å². The third-order valence-electron chi connectivity index (χ3n) is 6.08. The van der Waals surface area contributed by atoms with Crippen molar-refractivity contribution >= 4 is 23.2 Å². The standard InChI is InChI=1S/C24H25ClFN3O3/c1-2-31-20-12-21-19(11-18(20)25)28-14-22(32-21)23(30)29-9-7-24(15-27,8-10-29)13-16-3-5-17(26)6-4-16/h3-6,11-12,22,28H,2,7-10,13-14H2,1H3. The third-order valence-corrected chi connectivity index (χ3v) is 6.38. The molecule has 168 valence electrons. The maximum Gasteiger partial charge on any atom is 0.265 e. The number of carbonyl (C=O) groups excluding carboxylic acids is 1. The molecule has 0 bridgehead atoms. The van der Waals surface area contributed by atoms with Crippen molar-refractivity contribution < 1.29 is 18.7 Å². The minimum atomic E-state index is -0.662. The van der Waals surface area contributed by atoms with E-state index in [-0.39, 0.29) is 11.7 Å². The zero-order chi connectivity index (χ0) is 22.7. The molecule has 2 aliphatic rings. The highest BCUT2D eigenvalue weighted by atomic mass is 35.5. The first-order valence-corrected chi connectivity index (χ1v) is 11.1. The van der Waals surface area contributed by atoms with Gasteiger partial charge in [0.15, 0.2) is 6.10 Å². The molecular formula is C24H25ClFN3O3. The minimum absolute atomic E-state index is 0.107. The largest absolute Gasteiger partial charge is 0.492 e. The molecule has 2 heterocycles. The number of nitriles is 1. The summed E-state index contributed by atoms with van der Waals surface area (Å²) in [6.07, 6.45) is 1.01. The summed E-state index contributed by atoms with van der Waals surface area (Å²) in [7, 11) is 0. The van der Waals surface area contributed by atoms with Crippen LogP contribution in [0.1, 0.15) is 25.3 Å². The maximum absolute atomic E-state index is 13.2. The first-order chi connectivity index (χ1) is 15.4. The van der Waals surface area contributed by atoms with E-state index in [1.165, 1.54) is 12.1 Å². The molecule has 1 fully saturated rings. The average molecular weight is 458 g/mol. The van der Waals surface area contributed by atoms with E-state index in [2.05, 4.69) is 11.4 Å². The normalized spacial score (nSPS) is 19.2. The second-order valence-electron chi connectivity index (χ2n) is 8.22. The molecular weight excluding hydrogens is 433 g/mol. The Bertz CT molecular complexity index is 1030. The van der Waals surface area contributed by atoms with Gasteiger partial charge in [-0.15, -0.1) is 0 Å². The number of anilines is 1. The van der Waals surface area contributed by atoms with Gasteiger partial charge in [0.1, 0.15) is 17.3 Å². The molecule has 0 aromatic heterocycles. The van der Waals surface area contributed by atoms with Crippen LogP contribution in [0.15, 0.2) is 36.4 Å². The SMILES string of the molecule is CCOc1cc2c(cc1Cl)NCC(C(=O)N1CCC(C#N)(Cc3ccc(F)cc3)CC1)O2. The first-order valence-electron chi connectivity index (χ1n) is 10.7. The zero-order valence-electron chi connectivity index (χ0n) is 17.9. The van der Waals surface area contributed by atoms with Crippen LogP contribution in [-0.2, 0) is 11.2 Å². The molecule has 2 aromatic carbocycles. The molecule has 1 N–H and O–H groups in total. The van der Waals surface area contributed by atoms with Crippen LogP contribution in [0.2, 0.25) is 5.02 Å². The highest BCUT2D eigenvalue weighted by molar-refractivity contribution is 6.32. The summed E-state index contributed by atoms with van der Waals surface area (Å²) in [6.45, 7) is 3.64. The summed E-state index contributed by atoms with van der Waals surface area (Å²) >= 11 is 6.23. The molecule has 32 heavy (non-hydrogen) atoms. The lowest BCUT2D eigenvalue weighted by Gasteiger charge is -2.39. The first kappa shape index (κ1) is 22.2. The number of carbonyl (C=O) groups is 1. The van der Waals surface area contributed by atoms with E-state index in [9.17, 15) is 14.4 Å². The molecule has 2 aromatic rings. The van der Waals surface area contributed by atoms with Crippen molar-refractivity contribution in [1.82, 2.24) is 4.90 Å². The minimum Gasteiger partial charge on any atom is -0.492 e. The van der Waals surface area contributed by atoms with Crippen LogP contribution in [-0.4, -0.2) is 43.2 Å². The van der Waals surface area contributed by atoms with Crippen LogP contribution in [0.4, 0.5) is 10.1 Å². The predicted octanol–water partition coefficient (Wildman–Crippen LogP) is 4.43. The molecule has 0 aliphatic carbocycles. The summed E-state index contributed by atoms with van der Waals surface area (Å²) in [6, 6.07) is 12.1. The smallest absolute Gasteiger partial charge is 0.265 e. The van der Waals surface area contributed by atoms with Crippen LogP contribution < -0.4 is 14.8 Å². The summed E-state index contributed by atoms with van der Waals surface area (Å²) in [5, 5.41) is 13.5. The van der Waals surface area contributed by atoms with Crippen LogP contribution >= 0.6 is 11.6 Å². The van der Waals surface area contributed by atoms with Crippen LogP contribution in [0.25, 0.3) is 0 Å². The molecule has 1 atom stereocenters. The Labute approximate surface area is 191 Å². The van der Waals surface area contributed by atoms with E-state index in [4.69, 9.17) is 21.1 Å². The second kappa shape index (κ2) is 9.25. The van der Waals surface area contributed by atoms with Crippen molar-refractivity contribution in [1.29, 1.82) is 5.26 Å². The summed E-state index contributed by atoms with van der Waals surface area (Å²) in [5.74, 6) is 0.644. The fourth-order valence-corrected chi connectivity index (χ4v) is 4.47. The molecule has 0 saturated carbocycles. The third kappa shape index (κ3) is 4.61. The van der Waals surface area contributed by atoms with Crippen molar-refractivity contribution in [3.8, 4) is 17.6 Å². The Kier molecular flexibility index (Phi) is 6.43. The van der Waals surface area contributed by atoms with Gasteiger partial charge in [-0.05, 0) is 49.9 Å². The van der Waals surface area contributed by atoms with Gasteiger partial charge in [-0.25, -0.2) is 4.39 Å². The fourth-order valence-electron chi connectivity index (χ4n) is 4.25. The molecule has 1 amide bonds. The van der Waals surface area contributed by atoms with Gasteiger partial charge in [0.25, 0.3) is 5.91 Å². The summed E-state index contributed by atoms with van der Waals surface area (Å²) < 4.78 is 24.7. The van der Waals surface area contributed by atoms with Crippen molar-refractivity contribution in [2.75, 3.05) is 31.6 Å². The van der Waals surface area contributed by atoms with Crippen LogP contribution in [0.5, 0.6) is 11.5 Å². The van der Waals surface area contributed by atoms with E-state index < -0.39 is 11.5 Å². The summed E-state index contributed by atoms with van der Waals surface area (Å²) in [5.41, 5.74) is 1.09. The molecule has 0 radical (unpaired) electrons. The number of ether oxygens (including phenoxy) is 2. The highest BCUT2D eigenvalue weighted by Gasteiger charge is 2.39.